The first-order chi connectivity index (χ1) is 13.8. The van der Waals surface area contributed by atoms with Crippen LogP contribution in [0.25, 0.3) is 16.3 Å². The van der Waals surface area contributed by atoms with E-state index in [-0.39, 0.29) is 0 Å². The van der Waals surface area contributed by atoms with Crippen LogP contribution in [0.15, 0.2) is 60.7 Å². The lowest BCUT2D eigenvalue weighted by atomic mass is 9.86. The molecule has 0 atom stereocenters. The molecule has 0 spiro atoms. The van der Waals surface area contributed by atoms with Crippen LogP contribution in [0.3, 0.4) is 0 Å². The summed E-state index contributed by atoms with van der Waals surface area (Å²) in [4.78, 5) is 2.11. The van der Waals surface area contributed by atoms with Gasteiger partial charge in [-0.1, -0.05) is 36.4 Å². The Balaban J connectivity index is 1.78. The Morgan fingerprint density at radius 2 is 1.66 bits per heavy atom. The molecule has 0 aliphatic carbocycles. The minimum atomic E-state index is -0.392. The Labute approximate surface area is 173 Å². The number of fused-ring (bicyclic) bond motifs is 2. The number of likely N-dealkylation sites (N-methyl/N-ethyl adjacent to an activating group) is 1. The zero-order chi connectivity index (χ0) is 20.6. The Kier molecular flexibility index (Phi) is 5.10. The van der Waals surface area contributed by atoms with Gasteiger partial charge in [0.25, 0.3) is 0 Å². The third-order valence-corrected chi connectivity index (χ3v) is 5.35. The van der Waals surface area contributed by atoms with Gasteiger partial charge in [0.2, 0.25) is 0 Å². The largest absolute Gasteiger partial charge is 0.492 e. The van der Waals surface area contributed by atoms with Crippen molar-refractivity contribution in [3.05, 3.63) is 77.4 Å². The van der Waals surface area contributed by atoms with Crippen molar-refractivity contribution in [2.24, 2.45) is 0 Å². The highest BCUT2D eigenvalue weighted by Gasteiger charge is 2.28. The van der Waals surface area contributed by atoms with E-state index in [0.717, 1.165) is 23.6 Å². The third-order valence-electron chi connectivity index (χ3n) is 5.35. The molecule has 3 aromatic rings. The number of hydrogen-bond donors (Lipinski definition) is 0. The number of aryl methyl sites for hydroxylation is 1. The zero-order valence-electron chi connectivity index (χ0n) is 18.0. The Hall–Kier alpha value is -2.78. The Bertz CT molecular complexity index is 1080. The molecule has 1 aliphatic heterocycles. The first-order valence-corrected chi connectivity index (χ1v) is 10.2. The summed E-state index contributed by atoms with van der Waals surface area (Å²) >= 11 is 0. The average molecular weight is 388 g/mol. The third kappa shape index (κ3) is 4.01. The molecule has 3 heteroatoms. The minimum Gasteiger partial charge on any atom is -0.492 e. The summed E-state index contributed by atoms with van der Waals surface area (Å²) in [5.41, 5.74) is 4.47. The van der Waals surface area contributed by atoms with Gasteiger partial charge in [0.05, 0.1) is 0 Å². The predicted molar refractivity (Wildman–Crippen MR) is 121 cm³/mol. The van der Waals surface area contributed by atoms with E-state index in [1.807, 2.05) is 26.2 Å². The van der Waals surface area contributed by atoms with E-state index in [0.29, 0.717) is 6.61 Å². The van der Waals surface area contributed by atoms with E-state index < -0.39 is 5.60 Å². The monoisotopic (exact) mass is 387 g/mol. The van der Waals surface area contributed by atoms with Crippen molar-refractivity contribution in [2.45, 2.75) is 26.4 Å². The normalized spacial score (nSPS) is 15.0. The minimum absolute atomic E-state index is 0.392. The van der Waals surface area contributed by atoms with Gasteiger partial charge in [0.15, 0.2) is 0 Å². The van der Waals surface area contributed by atoms with Crippen LogP contribution in [0.5, 0.6) is 11.5 Å². The molecule has 1 heterocycles. The summed E-state index contributed by atoms with van der Waals surface area (Å²) in [6.45, 7) is 7.90. The van der Waals surface area contributed by atoms with Crippen molar-refractivity contribution in [2.75, 3.05) is 27.2 Å². The molecule has 3 aromatic carbocycles. The van der Waals surface area contributed by atoms with Gasteiger partial charge < -0.3 is 14.4 Å². The maximum Gasteiger partial charge on any atom is 0.132 e. The summed E-state index contributed by atoms with van der Waals surface area (Å²) in [5.74, 6) is 1.72. The lowest BCUT2D eigenvalue weighted by Gasteiger charge is -2.32. The number of benzene rings is 3. The van der Waals surface area contributed by atoms with E-state index in [9.17, 15) is 0 Å². The second kappa shape index (κ2) is 7.57. The van der Waals surface area contributed by atoms with Gasteiger partial charge in [-0.3, -0.25) is 0 Å². The van der Waals surface area contributed by atoms with Crippen LogP contribution in [0.2, 0.25) is 0 Å². The molecule has 0 aromatic heterocycles. The predicted octanol–water partition coefficient (Wildman–Crippen LogP) is 5.69. The SMILES string of the molecule is Cc1ccc(C2=CC(C)(C)Oc3cc(OCCN(C)C)ccc32)c2ccccc12. The molecule has 0 unspecified atom stereocenters. The lowest BCUT2D eigenvalue weighted by molar-refractivity contribution is 0.157. The quantitative estimate of drug-likeness (QED) is 0.561. The van der Waals surface area contributed by atoms with Crippen LogP contribution in [0.1, 0.15) is 30.5 Å². The number of nitrogens with zero attached hydrogens (tertiary/aromatic N) is 1. The molecule has 0 amide bonds. The smallest absolute Gasteiger partial charge is 0.132 e. The van der Waals surface area contributed by atoms with Crippen molar-refractivity contribution < 1.29 is 9.47 Å². The maximum atomic E-state index is 6.31. The second-order valence-corrected chi connectivity index (χ2v) is 8.55. The van der Waals surface area contributed by atoms with Crippen LogP contribution in [-0.4, -0.2) is 37.7 Å². The number of hydrogen-bond acceptors (Lipinski definition) is 3. The second-order valence-electron chi connectivity index (χ2n) is 8.55. The molecule has 150 valence electrons. The molecule has 29 heavy (non-hydrogen) atoms. The summed E-state index contributed by atoms with van der Waals surface area (Å²) in [6, 6.07) is 19.2. The van der Waals surface area contributed by atoms with Gasteiger partial charge in [-0.2, -0.15) is 0 Å². The lowest BCUT2D eigenvalue weighted by Crippen LogP contribution is -2.29. The standard InChI is InChI=1S/C26H29NO2/c1-18-10-12-22(21-9-7-6-8-20(18)21)24-17-26(2,3)29-25-16-19(11-13-23(24)25)28-15-14-27(4)5/h6-13,16-17H,14-15H2,1-5H3. The van der Waals surface area contributed by atoms with Gasteiger partial charge in [-0.25, -0.2) is 0 Å². The van der Waals surface area contributed by atoms with Crippen LogP contribution < -0.4 is 9.47 Å². The molecule has 4 rings (SSSR count). The van der Waals surface area contributed by atoms with Gasteiger partial charge in [0.1, 0.15) is 23.7 Å². The van der Waals surface area contributed by atoms with Gasteiger partial charge >= 0.3 is 0 Å². The van der Waals surface area contributed by atoms with Crippen LogP contribution in [-0.2, 0) is 0 Å². The van der Waals surface area contributed by atoms with E-state index in [4.69, 9.17) is 9.47 Å². The zero-order valence-corrected chi connectivity index (χ0v) is 18.0. The van der Waals surface area contributed by atoms with Crippen LogP contribution >= 0.6 is 0 Å². The molecule has 0 saturated heterocycles. The first-order valence-electron chi connectivity index (χ1n) is 10.2. The summed E-state index contributed by atoms with van der Waals surface area (Å²) in [6.07, 6.45) is 2.24. The number of ether oxygens (including phenoxy) is 2. The van der Waals surface area contributed by atoms with E-state index in [1.165, 1.54) is 27.5 Å². The van der Waals surface area contributed by atoms with Crippen molar-refractivity contribution in [1.29, 1.82) is 0 Å². The van der Waals surface area contributed by atoms with E-state index >= 15 is 0 Å². The Morgan fingerprint density at radius 1 is 0.931 bits per heavy atom. The van der Waals surface area contributed by atoms with Crippen molar-refractivity contribution >= 4 is 16.3 Å². The maximum absolute atomic E-state index is 6.31. The molecular weight excluding hydrogens is 358 g/mol. The molecule has 0 N–H and O–H groups in total. The molecule has 0 radical (unpaired) electrons. The topological polar surface area (TPSA) is 21.7 Å². The van der Waals surface area contributed by atoms with Crippen molar-refractivity contribution in [3.63, 3.8) is 0 Å². The molecule has 3 nitrogen and oxygen atoms in total. The molecule has 0 bridgehead atoms. The molecule has 0 fully saturated rings. The fraction of sp³-hybridized carbons (Fsp3) is 0.308. The highest BCUT2D eigenvalue weighted by atomic mass is 16.5. The van der Waals surface area contributed by atoms with Crippen molar-refractivity contribution in [1.82, 2.24) is 4.90 Å². The molecule has 1 aliphatic rings. The first kappa shape index (κ1) is 19.5. The van der Waals surface area contributed by atoms with Crippen LogP contribution in [0.4, 0.5) is 0 Å². The highest BCUT2D eigenvalue weighted by molar-refractivity contribution is 6.00. The van der Waals surface area contributed by atoms with E-state index in [1.54, 1.807) is 0 Å². The van der Waals surface area contributed by atoms with E-state index in [2.05, 4.69) is 74.2 Å². The number of rotatable bonds is 5. The summed E-state index contributed by atoms with van der Waals surface area (Å²) < 4.78 is 12.2. The van der Waals surface area contributed by atoms with Crippen molar-refractivity contribution in [3.8, 4) is 11.5 Å². The Morgan fingerprint density at radius 3 is 2.41 bits per heavy atom. The summed E-state index contributed by atoms with van der Waals surface area (Å²) in [7, 11) is 4.09. The van der Waals surface area contributed by atoms with Gasteiger partial charge in [-0.15, -0.1) is 0 Å². The average Bonchev–Trinajstić information content (AvgIpc) is 2.67. The van der Waals surface area contributed by atoms with Gasteiger partial charge in [0, 0.05) is 18.2 Å². The fourth-order valence-electron chi connectivity index (χ4n) is 3.89. The highest BCUT2D eigenvalue weighted by Crippen LogP contribution is 2.43. The summed E-state index contributed by atoms with van der Waals surface area (Å²) in [5, 5.41) is 2.56. The fourth-order valence-corrected chi connectivity index (χ4v) is 3.89. The molecule has 0 saturated carbocycles. The van der Waals surface area contributed by atoms with Gasteiger partial charge in [-0.05, 0) is 80.5 Å². The van der Waals surface area contributed by atoms with Crippen LogP contribution in [0, 0.1) is 6.92 Å². The molecular formula is C26H29NO2.